The molecule has 5 nitrogen and oxygen atoms in total. The summed E-state index contributed by atoms with van der Waals surface area (Å²) in [6.07, 6.45) is 4.42. The maximum atomic E-state index is 13.5. The van der Waals surface area contributed by atoms with Gasteiger partial charge in [-0.05, 0) is 54.3 Å². The second-order valence-electron chi connectivity index (χ2n) is 9.32. The number of rotatable bonds is 7. The fraction of sp³-hybridized carbons (Fsp3) is 0.444. The van der Waals surface area contributed by atoms with E-state index in [0.717, 1.165) is 29.5 Å². The smallest absolute Gasteiger partial charge is 0.412 e. The Morgan fingerprint density at radius 2 is 1.56 bits per heavy atom. The number of amides is 1. The number of hydrogen-bond acceptors (Lipinski definition) is 4. The Kier molecular flexibility index (Phi) is 7.05. The number of aliphatic hydroxyl groups is 1. The van der Waals surface area contributed by atoms with E-state index >= 15 is 0 Å². The van der Waals surface area contributed by atoms with Crippen LogP contribution in [-0.2, 0) is 4.74 Å². The second-order valence-corrected chi connectivity index (χ2v) is 9.32. The maximum absolute atomic E-state index is 13.5. The predicted octanol–water partition coefficient (Wildman–Crippen LogP) is 5.19. The Balaban J connectivity index is 1.48. The number of carbonyl (C=O) groups excluding carboxylic acids is 1. The molecule has 1 amide bonds. The van der Waals surface area contributed by atoms with Crippen LogP contribution in [0.2, 0.25) is 0 Å². The number of halogens is 2. The van der Waals surface area contributed by atoms with Gasteiger partial charge < -0.3 is 9.84 Å². The summed E-state index contributed by atoms with van der Waals surface area (Å²) in [4.78, 5) is 16.2. The first-order valence-corrected chi connectivity index (χ1v) is 11.9. The van der Waals surface area contributed by atoms with Gasteiger partial charge in [0.15, 0.2) is 11.3 Å². The van der Waals surface area contributed by atoms with E-state index in [1.165, 1.54) is 29.2 Å². The highest BCUT2D eigenvalue weighted by Crippen LogP contribution is 2.44. The molecule has 0 saturated carbocycles. The SMILES string of the molecule is CCCCN1C(=O)OC2(CCN(CC=C(c3ccc(F)cc3)c3ccc(F)cc3)CC2)C1(C)O. The number of benzene rings is 2. The van der Waals surface area contributed by atoms with E-state index in [1.807, 2.05) is 6.92 Å². The highest BCUT2D eigenvalue weighted by atomic mass is 19.1. The predicted molar refractivity (Wildman–Crippen MR) is 127 cm³/mol. The molecule has 2 heterocycles. The minimum absolute atomic E-state index is 0.310. The van der Waals surface area contributed by atoms with Gasteiger partial charge in [-0.2, -0.15) is 0 Å². The lowest BCUT2D eigenvalue weighted by molar-refractivity contribution is -0.164. The Morgan fingerprint density at radius 1 is 1.03 bits per heavy atom. The van der Waals surface area contributed by atoms with Crippen LogP contribution in [0.3, 0.4) is 0 Å². The minimum atomic E-state index is -1.34. The Hall–Kier alpha value is -2.77. The molecule has 2 aromatic rings. The van der Waals surface area contributed by atoms with E-state index in [1.54, 1.807) is 31.2 Å². The number of nitrogens with zero attached hydrogens (tertiary/aromatic N) is 2. The molecule has 1 unspecified atom stereocenters. The summed E-state index contributed by atoms with van der Waals surface area (Å²) in [5.41, 5.74) is 0.343. The molecular formula is C27H32F2N2O3. The topological polar surface area (TPSA) is 53.0 Å². The molecule has 7 heteroatoms. The molecule has 1 N–H and O–H groups in total. The van der Waals surface area contributed by atoms with Crippen molar-refractivity contribution in [3.8, 4) is 0 Å². The molecule has 0 aromatic heterocycles. The van der Waals surface area contributed by atoms with Crippen LogP contribution >= 0.6 is 0 Å². The maximum Gasteiger partial charge on any atom is 0.412 e. The molecule has 2 fully saturated rings. The molecule has 1 atom stereocenters. The van der Waals surface area contributed by atoms with Crippen molar-refractivity contribution in [1.82, 2.24) is 9.80 Å². The Labute approximate surface area is 199 Å². The van der Waals surface area contributed by atoms with Crippen LogP contribution in [0.15, 0.2) is 54.6 Å². The summed E-state index contributed by atoms with van der Waals surface area (Å²) in [5.74, 6) is -0.621. The molecule has 2 aliphatic rings. The zero-order chi connectivity index (χ0) is 24.3. The minimum Gasteiger partial charge on any atom is -0.437 e. The number of unbranched alkanes of at least 4 members (excludes halogenated alkanes) is 1. The fourth-order valence-electron chi connectivity index (χ4n) is 4.92. The Bertz CT molecular complexity index is 979. The first-order chi connectivity index (χ1) is 16.3. The number of ether oxygens (including phenoxy) is 1. The van der Waals surface area contributed by atoms with Gasteiger partial charge in [0.25, 0.3) is 0 Å². The molecule has 34 heavy (non-hydrogen) atoms. The molecule has 2 saturated heterocycles. The monoisotopic (exact) mass is 470 g/mol. The van der Waals surface area contributed by atoms with Crippen LogP contribution in [-0.4, -0.2) is 58.5 Å². The quantitative estimate of drug-likeness (QED) is 0.605. The van der Waals surface area contributed by atoms with E-state index in [-0.39, 0.29) is 11.6 Å². The molecule has 2 aromatic carbocycles. The lowest BCUT2D eigenvalue weighted by Crippen LogP contribution is -2.60. The molecule has 4 rings (SSSR count). The lowest BCUT2D eigenvalue weighted by Gasteiger charge is -2.44. The van der Waals surface area contributed by atoms with Crippen LogP contribution in [0, 0.1) is 11.6 Å². The average Bonchev–Trinajstić information content (AvgIpc) is 3.00. The Morgan fingerprint density at radius 3 is 2.06 bits per heavy atom. The highest BCUT2D eigenvalue weighted by molar-refractivity contribution is 5.79. The molecule has 1 spiro atoms. The van der Waals surface area contributed by atoms with Gasteiger partial charge in [-0.3, -0.25) is 9.80 Å². The van der Waals surface area contributed by atoms with E-state index < -0.39 is 17.4 Å². The van der Waals surface area contributed by atoms with E-state index in [4.69, 9.17) is 4.74 Å². The van der Waals surface area contributed by atoms with Crippen LogP contribution < -0.4 is 0 Å². The molecule has 182 valence electrons. The molecule has 0 bridgehead atoms. The van der Waals surface area contributed by atoms with Crippen molar-refractivity contribution in [3.63, 3.8) is 0 Å². The summed E-state index contributed by atoms with van der Waals surface area (Å²) >= 11 is 0. The molecular weight excluding hydrogens is 438 g/mol. The third-order valence-electron chi connectivity index (χ3n) is 7.15. The van der Waals surface area contributed by atoms with Crippen molar-refractivity contribution in [3.05, 3.63) is 77.4 Å². The van der Waals surface area contributed by atoms with Crippen molar-refractivity contribution < 1.29 is 23.4 Å². The van der Waals surface area contributed by atoms with E-state index in [2.05, 4.69) is 11.0 Å². The second kappa shape index (κ2) is 9.84. The number of carbonyl (C=O) groups is 1. The van der Waals surface area contributed by atoms with Gasteiger partial charge in [0.05, 0.1) is 0 Å². The summed E-state index contributed by atoms with van der Waals surface area (Å²) in [6.45, 7) is 6.14. The zero-order valence-corrected chi connectivity index (χ0v) is 19.8. The number of likely N-dealkylation sites (tertiary alicyclic amines) is 1. The summed E-state index contributed by atoms with van der Waals surface area (Å²) in [6, 6.07) is 12.5. The van der Waals surface area contributed by atoms with Gasteiger partial charge in [0.2, 0.25) is 0 Å². The molecule has 2 aliphatic heterocycles. The van der Waals surface area contributed by atoms with Crippen molar-refractivity contribution in [2.45, 2.75) is 50.9 Å². The van der Waals surface area contributed by atoms with Gasteiger partial charge in [0, 0.05) is 39.0 Å². The largest absolute Gasteiger partial charge is 0.437 e. The van der Waals surface area contributed by atoms with Crippen molar-refractivity contribution in [2.75, 3.05) is 26.2 Å². The first-order valence-electron chi connectivity index (χ1n) is 11.9. The van der Waals surface area contributed by atoms with Crippen LogP contribution in [0.1, 0.15) is 50.7 Å². The van der Waals surface area contributed by atoms with Crippen LogP contribution in [0.5, 0.6) is 0 Å². The van der Waals surface area contributed by atoms with Gasteiger partial charge >= 0.3 is 6.09 Å². The first kappa shape index (κ1) is 24.4. The standard InChI is InChI=1S/C27H32F2N2O3/c1-3-4-16-31-25(32)34-27(26(31,2)33)14-18-30(19-15-27)17-13-24(20-5-9-22(28)10-6-20)21-7-11-23(29)12-8-21/h5-13,33H,3-4,14-19H2,1-2H3. The average molecular weight is 471 g/mol. The summed E-state index contributed by atoms with van der Waals surface area (Å²) in [7, 11) is 0. The molecule has 0 radical (unpaired) electrons. The van der Waals surface area contributed by atoms with Gasteiger partial charge in [-0.25, -0.2) is 13.6 Å². The number of hydrogen-bond donors (Lipinski definition) is 1. The van der Waals surface area contributed by atoms with E-state index in [0.29, 0.717) is 39.0 Å². The summed E-state index contributed by atoms with van der Waals surface area (Å²) < 4.78 is 32.7. The summed E-state index contributed by atoms with van der Waals surface area (Å²) in [5, 5.41) is 11.3. The third-order valence-corrected chi connectivity index (χ3v) is 7.15. The van der Waals surface area contributed by atoms with Crippen molar-refractivity contribution in [2.24, 2.45) is 0 Å². The normalized spacial score (nSPS) is 22.1. The highest BCUT2D eigenvalue weighted by Gasteiger charge is 2.62. The van der Waals surface area contributed by atoms with Gasteiger partial charge in [0.1, 0.15) is 11.6 Å². The van der Waals surface area contributed by atoms with Crippen LogP contribution in [0.25, 0.3) is 5.57 Å². The fourth-order valence-corrected chi connectivity index (χ4v) is 4.92. The van der Waals surface area contributed by atoms with Gasteiger partial charge in [-0.15, -0.1) is 0 Å². The third kappa shape index (κ3) is 4.72. The van der Waals surface area contributed by atoms with Crippen molar-refractivity contribution in [1.29, 1.82) is 0 Å². The van der Waals surface area contributed by atoms with Crippen LogP contribution in [0.4, 0.5) is 13.6 Å². The van der Waals surface area contributed by atoms with E-state index in [9.17, 15) is 18.7 Å². The number of piperidine rings is 1. The molecule has 0 aliphatic carbocycles. The van der Waals surface area contributed by atoms with Gasteiger partial charge in [-0.1, -0.05) is 43.7 Å². The lowest BCUT2D eigenvalue weighted by atomic mass is 9.82. The van der Waals surface area contributed by atoms with Crippen molar-refractivity contribution >= 4 is 11.7 Å². The zero-order valence-electron chi connectivity index (χ0n) is 19.8.